The molecule has 0 aliphatic carbocycles. The topological polar surface area (TPSA) is 167 Å². The van der Waals surface area contributed by atoms with Gasteiger partial charge in [-0.1, -0.05) is 0 Å². The largest absolute Gasteiger partial charge is 3.00 e. The summed E-state index contributed by atoms with van der Waals surface area (Å²) in [6.07, 6.45) is 0. The van der Waals surface area contributed by atoms with Crippen LogP contribution >= 0.6 is 0 Å². The molecular weight excluding hydrogens is 443 g/mol. The number of hydrogen-bond donors (Lipinski definition) is 0. The molecule has 1 radical (unpaired) electrons. The summed E-state index contributed by atoms with van der Waals surface area (Å²) in [5, 5.41) is 41.6. The van der Waals surface area contributed by atoms with E-state index in [-0.39, 0.29) is 51.8 Å². The van der Waals surface area contributed by atoms with E-state index in [0.717, 1.165) is 9.80 Å². The van der Waals surface area contributed by atoms with Gasteiger partial charge >= 0.3 is 38.7 Å². The Bertz CT molecular complexity index is 327. The van der Waals surface area contributed by atoms with E-state index in [4.69, 9.17) is 0 Å². The van der Waals surface area contributed by atoms with Crippen LogP contribution in [0.4, 0.5) is 0 Å². The van der Waals surface area contributed by atoms with E-state index in [1.54, 1.807) is 0 Å². The number of rotatable bonds is 11. The van der Waals surface area contributed by atoms with Crippen molar-refractivity contribution < 1.29 is 78.3 Å². The SMILES string of the molecule is O=C([O-])CN(CCN(CC(=O)[O-])CC(=O)[O-])CC(=O)[O-].[Er+3].[H+]. The first kappa shape index (κ1) is 22.3. The van der Waals surface area contributed by atoms with Gasteiger partial charge in [0.15, 0.2) is 0 Å². The van der Waals surface area contributed by atoms with Crippen LogP contribution in [0.2, 0.25) is 0 Å². The van der Waals surface area contributed by atoms with Gasteiger partial charge in [0.2, 0.25) is 0 Å². The molecule has 21 heavy (non-hydrogen) atoms. The van der Waals surface area contributed by atoms with Crippen LogP contribution in [0.15, 0.2) is 0 Å². The number of nitrogens with zero attached hydrogens (tertiary/aromatic N) is 2. The zero-order valence-corrected chi connectivity index (χ0v) is 12.5. The normalized spacial score (nSPS) is 10.2. The molecular formula is C10H13ErN2O8. The van der Waals surface area contributed by atoms with E-state index in [1.807, 2.05) is 0 Å². The second-order valence-electron chi connectivity index (χ2n) is 3.91. The van der Waals surface area contributed by atoms with Gasteiger partial charge in [-0.2, -0.15) is 0 Å². The summed E-state index contributed by atoms with van der Waals surface area (Å²) in [7, 11) is 0. The predicted octanol–water partition coefficient (Wildman–Crippen LogP) is -7.30. The van der Waals surface area contributed by atoms with Crippen LogP contribution in [0.1, 0.15) is 1.43 Å². The Balaban J connectivity index is -0.00000180. The summed E-state index contributed by atoms with van der Waals surface area (Å²) < 4.78 is 0. The van der Waals surface area contributed by atoms with Crippen LogP contribution in [0.3, 0.4) is 0 Å². The van der Waals surface area contributed by atoms with Crippen molar-refractivity contribution >= 4 is 23.9 Å². The van der Waals surface area contributed by atoms with E-state index in [2.05, 4.69) is 0 Å². The number of carboxylic acids is 4. The number of aliphatic carboxylic acids is 4. The molecule has 0 amide bonds. The van der Waals surface area contributed by atoms with Crippen LogP contribution in [-0.4, -0.2) is 72.9 Å². The van der Waals surface area contributed by atoms with Gasteiger partial charge in [0.1, 0.15) is 0 Å². The maximum absolute atomic E-state index is 10.4. The Morgan fingerprint density at radius 1 is 0.619 bits per heavy atom. The second-order valence-corrected chi connectivity index (χ2v) is 3.91. The summed E-state index contributed by atoms with van der Waals surface area (Å²) in [5.41, 5.74) is 0. The molecule has 11 heteroatoms. The van der Waals surface area contributed by atoms with Crippen LogP contribution in [-0.2, 0) is 19.2 Å². The van der Waals surface area contributed by atoms with Crippen molar-refractivity contribution in [2.45, 2.75) is 0 Å². The predicted molar refractivity (Wildman–Crippen MR) is 54.0 cm³/mol. The molecule has 10 nitrogen and oxygen atoms in total. The van der Waals surface area contributed by atoms with Crippen molar-refractivity contribution in [3.8, 4) is 0 Å². The van der Waals surface area contributed by atoms with Gasteiger partial charge in [0.25, 0.3) is 0 Å². The van der Waals surface area contributed by atoms with Crippen molar-refractivity contribution in [2.75, 3.05) is 39.3 Å². The van der Waals surface area contributed by atoms with Crippen LogP contribution < -0.4 is 20.4 Å². The minimum Gasteiger partial charge on any atom is -0.549 e. The summed E-state index contributed by atoms with van der Waals surface area (Å²) in [6.45, 7) is -3.25. The molecule has 0 aliphatic rings. The molecule has 0 saturated carbocycles. The molecule has 0 aromatic heterocycles. The first-order valence-electron chi connectivity index (χ1n) is 5.44. The number of carbonyl (C=O) groups is 4. The third-order valence-electron chi connectivity index (χ3n) is 2.14. The van der Waals surface area contributed by atoms with Gasteiger partial charge in [-0.3, -0.25) is 9.80 Å². The fourth-order valence-corrected chi connectivity index (χ4v) is 1.44. The van der Waals surface area contributed by atoms with Crippen molar-refractivity contribution in [2.24, 2.45) is 0 Å². The molecule has 0 aliphatic heterocycles. The van der Waals surface area contributed by atoms with E-state index in [0.29, 0.717) is 0 Å². The molecule has 0 atom stereocenters. The van der Waals surface area contributed by atoms with Crippen molar-refractivity contribution in [1.82, 2.24) is 9.80 Å². The van der Waals surface area contributed by atoms with Crippen molar-refractivity contribution in [1.29, 1.82) is 0 Å². The molecule has 0 heterocycles. The molecule has 0 saturated heterocycles. The molecule has 123 valence electrons. The van der Waals surface area contributed by atoms with E-state index in [1.165, 1.54) is 0 Å². The number of hydrogen-bond acceptors (Lipinski definition) is 10. The zero-order valence-electron chi connectivity index (χ0n) is 11.7. The average Bonchev–Trinajstić information content (AvgIpc) is 2.22. The molecule has 0 N–H and O–H groups in total. The third-order valence-corrected chi connectivity index (χ3v) is 2.14. The minimum atomic E-state index is -1.53. The molecule has 0 rings (SSSR count). The summed E-state index contributed by atoms with van der Waals surface area (Å²) in [5.74, 6) is -6.12. The molecule has 0 spiro atoms. The zero-order chi connectivity index (χ0) is 15.7. The van der Waals surface area contributed by atoms with E-state index >= 15 is 0 Å². The molecule has 0 bridgehead atoms. The van der Waals surface area contributed by atoms with Crippen LogP contribution in [0.5, 0.6) is 0 Å². The Morgan fingerprint density at radius 3 is 0.952 bits per heavy atom. The molecule has 0 aromatic carbocycles. The Hall–Kier alpha value is -0.953. The molecule has 0 aromatic rings. The van der Waals surface area contributed by atoms with Crippen LogP contribution in [0, 0.1) is 37.3 Å². The van der Waals surface area contributed by atoms with Gasteiger partial charge in [0, 0.05) is 39.3 Å². The summed E-state index contributed by atoms with van der Waals surface area (Å²) in [6, 6.07) is 0. The fourth-order valence-electron chi connectivity index (χ4n) is 1.44. The second kappa shape index (κ2) is 11.7. The maximum Gasteiger partial charge on any atom is 3.00 e. The van der Waals surface area contributed by atoms with Gasteiger partial charge in [-0.25, -0.2) is 0 Å². The smallest absolute Gasteiger partial charge is 0.549 e. The first-order chi connectivity index (χ1) is 9.20. The van der Waals surface area contributed by atoms with E-state index < -0.39 is 50.1 Å². The molecule has 0 unspecified atom stereocenters. The number of carboxylic acid groups (broad SMARTS) is 4. The Morgan fingerprint density at radius 2 is 0.810 bits per heavy atom. The standard InChI is InChI=1S/C10H16N2O8.Er/c13-7(14)3-11(4-8(15)16)1-2-12(5-9(17)18)6-10(19)20;/h1-6H2,(H,13,14)(H,15,16)(H,17,18)(H,19,20);/q;+3/p-3. The Labute approximate surface area is 151 Å². The van der Waals surface area contributed by atoms with Gasteiger partial charge in [-0.05, 0) is 0 Å². The van der Waals surface area contributed by atoms with E-state index in [9.17, 15) is 39.6 Å². The van der Waals surface area contributed by atoms with Crippen molar-refractivity contribution in [3.05, 3.63) is 0 Å². The monoisotopic (exact) mass is 455 g/mol. The minimum absolute atomic E-state index is 0. The maximum atomic E-state index is 10.4. The quantitative estimate of drug-likeness (QED) is 0.291. The summed E-state index contributed by atoms with van der Waals surface area (Å²) >= 11 is 0. The fraction of sp³-hybridized carbons (Fsp3) is 0.600. The van der Waals surface area contributed by atoms with Crippen molar-refractivity contribution in [3.63, 3.8) is 0 Å². The molecule has 0 fully saturated rings. The average molecular weight is 456 g/mol. The Kier molecular flexibility index (Phi) is 12.4. The summed E-state index contributed by atoms with van der Waals surface area (Å²) in [4.78, 5) is 43.4. The third kappa shape index (κ3) is 13.8. The van der Waals surface area contributed by atoms with Gasteiger partial charge in [0.05, 0.1) is 23.9 Å². The van der Waals surface area contributed by atoms with Gasteiger partial charge < -0.3 is 39.6 Å². The van der Waals surface area contributed by atoms with Gasteiger partial charge in [-0.15, -0.1) is 0 Å². The first-order valence-corrected chi connectivity index (χ1v) is 5.44. The van der Waals surface area contributed by atoms with Crippen LogP contribution in [0.25, 0.3) is 0 Å². The number of carbonyl (C=O) groups excluding carboxylic acids is 4.